The highest BCUT2D eigenvalue weighted by atomic mass is 19.4. The number of amides is 2. The summed E-state index contributed by atoms with van der Waals surface area (Å²) >= 11 is 0. The van der Waals surface area contributed by atoms with Crippen molar-refractivity contribution in [2.45, 2.75) is 25.9 Å². The molecule has 8 nitrogen and oxygen atoms in total. The molecule has 0 unspecified atom stereocenters. The third-order valence-electron chi connectivity index (χ3n) is 6.73. The number of aryl methyl sites for hydroxylation is 1. The van der Waals surface area contributed by atoms with Gasteiger partial charge in [-0.3, -0.25) is 14.5 Å². The molecule has 2 aromatic heterocycles. The first-order chi connectivity index (χ1) is 18.2. The number of nitrogens with one attached hydrogen (secondary N) is 4. The second kappa shape index (κ2) is 10.2. The van der Waals surface area contributed by atoms with Gasteiger partial charge in [-0.1, -0.05) is 11.1 Å². The predicted molar refractivity (Wildman–Crippen MR) is 137 cm³/mol. The zero-order valence-electron chi connectivity index (χ0n) is 20.5. The molecule has 4 aromatic rings. The summed E-state index contributed by atoms with van der Waals surface area (Å²) in [6.07, 6.45) is 0.472. The lowest BCUT2D eigenvalue weighted by molar-refractivity contribution is -0.367. The van der Waals surface area contributed by atoms with Crippen molar-refractivity contribution in [2.75, 3.05) is 28.6 Å². The fraction of sp³-hybridized carbons (Fsp3) is 0.259. The van der Waals surface area contributed by atoms with Crippen LogP contribution in [-0.4, -0.2) is 34.9 Å². The molecule has 0 radical (unpaired) electrons. The van der Waals surface area contributed by atoms with Gasteiger partial charge in [0.05, 0.1) is 18.7 Å². The van der Waals surface area contributed by atoms with Crippen LogP contribution in [0.4, 0.5) is 30.4 Å². The van der Waals surface area contributed by atoms with Crippen molar-refractivity contribution < 1.29 is 27.7 Å². The van der Waals surface area contributed by atoms with E-state index in [1.807, 2.05) is 13.1 Å². The number of aromatic nitrogens is 3. The van der Waals surface area contributed by atoms with Crippen molar-refractivity contribution in [1.82, 2.24) is 9.97 Å². The van der Waals surface area contributed by atoms with E-state index in [1.165, 1.54) is 12.1 Å². The van der Waals surface area contributed by atoms with Gasteiger partial charge in [0.15, 0.2) is 0 Å². The first-order valence-electron chi connectivity index (χ1n) is 12.2. The van der Waals surface area contributed by atoms with Crippen LogP contribution in [0, 0.1) is 12.8 Å². The average molecular weight is 524 g/mol. The first-order valence-corrected chi connectivity index (χ1v) is 12.2. The number of hydrogen-bond acceptors (Lipinski definition) is 4. The van der Waals surface area contributed by atoms with Gasteiger partial charge in [0.1, 0.15) is 5.39 Å². The minimum atomic E-state index is -4.45. The topological polar surface area (TPSA) is 104 Å². The van der Waals surface area contributed by atoms with Gasteiger partial charge in [-0.2, -0.15) is 13.2 Å². The Labute approximate surface area is 216 Å². The minimum absolute atomic E-state index is 0.119. The number of nitrogens with zero attached hydrogens (tertiary/aromatic N) is 2. The maximum absolute atomic E-state index is 13.0. The van der Waals surface area contributed by atoms with Crippen molar-refractivity contribution >= 4 is 40.0 Å². The maximum Gasteiger partial charge on any atom is 0.416 e. The number of carbonyl (C=O) groups is 2. The van der Waals surface area contributed by atoms with Crippen molar-refractivity contribution in [3.63, 3.8) is 0 Å². The molecule has 2 amide bonds. The van der Waals surface area contributed by atoms with Gasteiger partial charge < -0.3 is 15.6 Å². The van der Waals surface area contributed by atoms with Crippen LogP contribution in [0.1, 0.15) is 34.3 Å². The van der Waals surface area contributed by atoms with E-state index in [-0.39, 0.29) is 23.1 Å². The number of fused-ring (bicyclic) bond motifs is 1. The van der Waals surface area contributed by atoms with Gasteiger partial charge in [-0.25, -0.2) is 4.98 Å². The summed E-state index contributed by atoms with van der Waals surface area (Å²) in [6.45, 7) is 3.43. The second-order valence-corrected chi connectivity index (χ2v) is 9.31. The van der Waals surface area contributed by atoms with E-state index in [4.69, 9.17) is 0 Å². The predicted octanol–water partition coefficient (Wildman–Crippen LogP) is 4.81. The quantitative estimate of drug-likeness (QED) is 0.349. The standard InChI is InChI=1S/C27H25F3N6O2/c1-16-14-31-23-22(16)24(33-15-32-23)36-11-9-17(10-12-36)25(37)35-21-4-2-3-18(13-21)26(38)34-20-7-5-19(6-8-20)27(28,29)30/h2-8,13-15,17H,9-12H2,1H3,(H,34,38)(H,35,37)(H,31,32,33)/p+1. The Hall–Kier alpha value is -4.41. The fourth-order valence-electron chi connectivity index (χ4n) is 4.68. The highest BCUT2D eigenvalue weighted by Gasteiger charge is 2.31. The van der Waals surface area contributed by atoms with Crippen molar-refractivity contribution in [2.24, 2.45) is 5.92 Å². The summed E-state index contributed by atoms with van der Waals surface area (Å²) in [6, 6.07) is 10.7. The molecule has 2 aromatic carbocycles. The van der Waals surface area contributed by atoms with E-state index >= 15 is 0 Å². The van der Waals surface area contributed by atoms with Crippen molar-refractivity contribution in [3.05, 3.63) is 77.7 Å². The van der Waals surface area contributed by atoms with Crippen LogP contribution in [0.5, 0.6) is 0 Å². The highest BCUT2D eigenvalue weighted by molar-refractivity contribution is 6.05. The number of rotatable bonds is 5. The highest BCUT2D eigenvalue weighted by Crippen LogP contribution is 2.30. The molecule has 0 aliphatic carbocycles. The molecule has 1 aliphatic rings. The van der Waals surface area contributed by atoms with Gasteiger partial charge in [-0.15, -0.1) is 0 Å². The summed E-state index contributed by atoms with van der Waals surface area (Å²) < 4.78 is 38.3. The van der Waals surface area contributed by atoms with Crippen molar-refractivity contribution in [3.8, 4) is 0 Å². The smallest absolute Gasteiger partial charge is 0.332 e. The first kappa shape index (κ1) is 25.2. The number of aromatic amines is 2. The largest absolute Gasteiger partial charge is 0.416 e. The summed E-state index contributed by atoms with van der Waals surface area (Å²) in [7, 11) is 0. The molecule has 38 heavy (non-hydrogen) atoms. The average Bonchev–Trinajstić information content (AvgIpc) is 3.29. The zero-order valence-corrected chi connectivity index (χ0v) is 20.5. The number of halogens is 3. The Kier molecular flexibility index (Phi) is 6.75. The van der Waals surface area contributed by atoms with Crippen LogP contribution in [0.2, 0.25) is 0 Å². The molecule has 11 heteroatoms. The molecule has 1 fully saturated rings. The molecule has 3 heterocycles. The molecule has 4 N–H and O–H groups in total. The molecule has 5 rings (SSSR count). The molecule has 0 spiro atoms. The van der Waals surface area contributed by atoms with Gasteiger partial charge in [-0.05, 0) is 67.8 Å². The Bertz CT molecular complexity index is 1470. The molecule has 0 atom stereocenters. The molecule has 0 saturated carbocycles. The number of hydrogen-bond donors (Lipinski definition) is 3. The Morgan fingerprint density at radius 3 is 2.50 bits per heavy atom. The third kappa shape index (κ3) is 5.31. The Balaban J connectivity index is 1.19. The summed E-state index contributed by atoms with van der Waals surface area (Å²) in [4.78, 5) is 38.6. The number of alkyl halides is 3. The Morgan fingerprint density at radius 1 is 1.05 bits per heavy atom. The van der Waals surface area contributed by atoms with Crippen LogP contribution in [0.3, 0.4) is 0 Å². The minimum Gasteiger partial charge on any atom is -0.332 e. The molecule has 0 bridgehead atoms. The van der Waals surface area contributed by atoms with Crippen molar-refractivity contribution in [1.29, 1.82) is 0 Å². The van der Waals surface area contributed by atoms with E-state index in [0.717, 1.165) is 34.5 Å². The molecule has 1 saturated heterocycles. The number of benzene rings is 2. The summed E-state index contributed by atoms with van der Waals surface area (Å²) in [5.41, 5.74) is 2.11. The van der Waals surface area contributed by atoms with Gasteiger partial charge in [0.25, 0.3) is 5.91 Å². The SMILES string of the molecule is Cc1c[nH]c2nc[nH+]c(N3CCC(C(=O)Nc4cccc(C(=O)Nc5ccc(C(F)(F)F)cc5)c4)CC3)c12. The van der Waals surface area contributed by atoms with Crippen LogP contribution in [0.15, 0.2) is 61.1 Å². The molecular weight excluding hydrogens is 497 g/mol. The van der Waals surface area contributed by atoms with Gasteiger partial charge >= 0.3 is 6.18 Å². The van der Waals surface area contributed by atoms with Gasteiger partial charge in [0.2, 0.25) is 23.7 Å². The second-order valence-electron chi connectivity index (χ2n) is 9.31. The van der Waals surface area contributed by atoms with E-state index in [1.54, 1.807) is 30.6 Å². The lowest BCUT2D eigenvalue weighted by Crippen LogP contribution is -2.40. The van der Waals surface area contributed by atoms with Gasteiger partial charge in [0, 0.05) is 29.1 Å². The number of anilines is 3. The van der Waals surface area contributed by atoms with Crippen LogP contribution in [0.25, 0.3) is 11.0 Å². The lowest BCUT2D eigenvalue weighted by atomic mass is 9.95. The summed E-state index contributed by atoms with van der Waals surface area (Å²) in [5.74, 6) is 0.195. The summed E-state index contributed by atoms with van der Waals surface area (Å²) in [5, 5.41) is 6.52. The van der Waals surface area contributed by atoms with E-state index in [9.17, 15) is 22.8 Å². The monoisotopic (exact) mass is 523 g/mol. The Morgan fingerprint density at radius 2 is 1.79 bits per heavy atom. The normalized spacial score (nSPS) is 14.5. The molecular formula is C27H26F3N6O2+. The molecule has 196 valence electrons. The van der Waals surface area contributed by atoms with E-state index < -0.39 is 17.6 Å². The van der Waals surface area contributed by atoms with Crippen LogP contribution >= 0.6 is 0 Å². The zero-order chi connectivity index (χ0) is 26.9. The fourth-order valence-corrected chi connectivity index (χ4v) is 4.68. The van der Waals surface area contributed by atoms with E-state index in [2.05, 4.69) is 30.5 Å². The lowest BCUT2D eigenvalue weighted by Gasteiger charge is -2.28. The number of piperidine rings is 1. The third-order valence-corrected chi connectivity index (χ3v) is 6.73. The number of H-pyrrole nitrogens is 2. The van der Waals surface area contributed by atoms with E-state index in [0.29, 0.717) is 31.6 Å². The van der Waals surface area contributed by atoms with Crippen LogP contribution in [-0.2, 0) is 11.0 Å². The van der Waals surface area contributed by atoms with Crippen LogP contribution < -0.4 is 20.5 Å². The maximum atomic E-state index is 13.0. The molecule has 1 aliphatic heterocycles. The number of carbonyl (C=O) groups excluding carboxylic acids is 2.